The Morgan fingerprint density at radius 1 is 1.06 bits per heavy atom. The molecule has 1 N–H and O–H groups in total. The number of benzene rings is 2. The first-order valence-electron chi connectivity index (χ1n) is 5.74. The number of hydrogen-bond acceptors (Lipinski definition) is 1. The van der Waals surface area contributed by atoms with E-state index < -0.39 is 0 Å². The molecule has 0 fully saturated rings. The Hall–Kier alpha value is -1.28. The van der Waals surface area contributed by atoms with Crippen LogP contribution in [0, 0.1) is 6.92 Å². The van der Waals surface area contributed by atoms with Crippen LogP contribution in [0.4, 0.5) is 5.69 Å². The third-order valence-electron chi connectivity index (χ3n) is 2.86. The third kappa shape index (κ3) is 3.10. The van der Waals surface area contributed by atoms with Gasteiger partial charge in [-0.2, -0.15) is 0 Å². The van der Waals surface area contributed by atoms with Gasteiger partial charge in [-0.05, 0) is 43.2 Å². The van der Waals surface area contributed by atoms with Crippen LogP contribution < -0.4 is 5.32 Å². The van der Waals surface area contributed by atoms with E-state index in [1.165, 1.54) is 16.8 Å². The lowest BCUT2D eigenvalue weighted by Crippen LogP contribution is -2.07. The van der Waals surface area contributed by atoms with E-state index >= 15 is 0 Å². The van der Waals surface area contributed by atoms with E-state index in [2.05, 4.69) is 77.6 Å². The summed E-state index contributed by atoms with van der Waals surface area (Å²) in [5.41, 5.74) is 3.74. The van der Waals surface area contributed by atoms with Crippen LogP contribution >= 0.6 is 15.9 Å². The van der Waals surface area contributed by atoms with Gasteiger partial charge in [0.25, 0.3) is 0 Å². The molecule has 1 unspecified atom stereocenters. The van der Waals surface area contributed by atoms with Crippen LogP contribution in [0.3, 0.4) is 0 Å². The first-order valence-corrected chi connectivity index (χ1v) is 6.54. The van der Waals surface area contributed by atoms with Crippen LogP contribution in [0.5, 0.6) is 0 Å². The molecule has 88 valence electrons. The molecule has 0 saturated carbocycles. The number of aryl methyl sites for hydroxylation is 1. The second kappa shape index (κ2) is 5.37. The second-order valence-corrected chi connectivity index (χ2v) is 5.15. The summed E-state index contributed by atoms with van der Waals surface area (Å²) in [6.45, 7) is 4.29. The molecule has 17 heavy (non-hydrogen) atoms. The molecule has 2 aromatic carbocycles. The summed E-state index contributed by atoms with van der Waals surface area (Å²) < 4.78 is 1.12. The summed E-state index contributed by atoms with van der Waals surface area (Å²) in [5, 5.41) is 3.53. The number of halogens is 1. The number of hydrogen-bond donors (Lipinski definition) is 1. The molecule has 0 aromatic heterocycles. The summed E-state index contributed by atoms with van der Waals surface area (Å²) in [5.74, 6) is 0. The average Bonchev–Trinajstić information content (AvgIpc) is 2.34. The van der Waals surface area contributed by atoms with Crippen molar-refractivity contribution in [1.82, 2.24) is 0 Å². The van der Waals surface area contributed by atoms with Gasteiger partial charge < -0.3 is 5.32 Å². The second-order valence-electron chi connectivity index (χ2n) is 4.24. The van der Waals surface area contributed by atoms with E-state index in [9.17, 15) is 0 Å². The van der Waals surface area contributed by atoms with Crippen LogP contribution in [0.1, 0.15) is 24.1 Å². The summed E-state index contributed by atoms with van der Waals surface area (Å²) in [6, 6.07) is 17.1. The predicted octanol–water partition coefficient (Wildman–Crippen LogP) is 4.93. The molecule has 0 aliphatic carbocycles. The van der Waals surface area contributed by atoms with Crippen LogP contribution in [0.2, 0.25) is 0 Å². The Kier molecular flexibility index (Phi) is 3.85. The topological polar surface area (TPSA) is 12.0 Å². The molecule has 2 rings (SSSR count). The minimum Gasteiger partial charge on any atom is -0.378 e. The van der Waals surface area contributed by atoms with Gasteiger partial charge in [-0.15, -0.1) is 0 Å². The van der Waals surface area contributed by atoms with Gasteiger partial charge in [0, 0.05) is 16.2 Å². The van der Waals surface area contributed by atoms with Crippen LogP contribution in [-0.4, -0.2) is 0 Å². The highest BCUT2D eigenvalue weighted by molar-refractivity contribution is 9.10. The lowest BCUT2D eigenvalue weighted by Gasteiger charge is -2.17. The fraction of sp³-hybridized carbons (Fsp3) is 0.200. The zero-order chi connectivity index (χ0) is 12.3. The van der Waals surface area contributed by atoms with Crippen molar-refractivity contribution in [3.63, 3.8) is 0 Å². The van der Waals surface area contributed by atoms with E-state index in [1.807, 2.05) is 6.07 Å². The van der Waals surface area contributed by atoms with E-state index in [0.717, 1.165) is 4.47 Å². The van der Waals surface area contributed by atoms with Crippen LogP contribution in [0.25, 0.3) is 0 Å². The highest BCUT2D eigenvalue weighted by Crippen LogP contribution is 2.24. The quantitative estimate of drug-likeness (QED) is 0.845. The summed E-state index contributed by atoms with van der Waals surface area (Å²) in [6.07, 6.45) is 0. The Bertz CT molecular complexity index is 494. The first kappa shape index (κ1) is 12.2. The highest BCUT2D eigenvalue weighted by Gasteiger charge is 2.06. The molecule has 0 amide bonds. The standard InChI is InChI=1S/C15H16BrN/c1-11-10-14(16)8-9-15(11)17-12(2)13-6-4-3-5-7-13/h3-10,12,17H,1-2H3. The summed E-state index contributed by atoms with van der Waals surface area (Å²) >= 11 is 3.48. The van der Waals surface area contributed by atoms with Gasteiger partial charge in [0.2, 0.25) is 0 Å². The fourth-order valence-electron chi connectivity index (χ4n) is 1.85. The minimum atomic E-state index is 0.316. The zero-order valence-electron chi connectivity index (χ0n) is 10.1. The Morgan fingerprint density at radius 3 is 2.41 bits per heavy atom. The van der Waals surface area contributed by atoms with Crippen molar-refractivity contribution in [1.29, 1.82) is 0 Å². The molecular weight excluding hydrogens is 274 g/mol. The number of anilines is 1. The molecule has 0 aliphatic rings. The zero-order valence-corrected chi connectivity index (χ0v) is 11.7. The molecule has 0 saturated heterocycles. The maximum Gasteiger partial charge on any atom is 0.0485 e. The Morgan fingerprint density at radius 2 is 1.76 bits per heavy atom. The van der Waals surface area contributed by atoms with Crippen molar-refractivity contribution in [3.05, 3.63) is 64.1 Å². The van der Waals surface area contributed by atoms with E-state index in [-0.39, 0.29) is 0 Å². The molecule has 0 spiro atoms. The first-order chi connectivity index (χ1) is 8.16. The molecule has 2 aromatic rings. The summed E-state index contributed by atoms with van der Waals surface area (Å²) in [7, 11) is 0. The van der Waals surface area contributed by atoms with Crippen molar-refractivity contribution in [2.24, 2.45) is 0 Å². The van der Waals surface area contributed by atoms with Gasteiger partial charge in [-0.3, -0.25) is 0 Å². The van der Waals surface area contributed by atoms with E-state index in [0.29, 0.717) is 6.04 Å². The van der Waals surface area contributed by atoms with Crippen molar-refractivity contribution >= 4 is 21.6 Å². The largest absolute Gasteiger partial charge is 0.378 e. The number of nitrogens with one attached hydrogen (secondary N) is 1. The molecular formula is C15H16BrN. The van der Waals surface area contributed by atoms with Gasteiger partial charge in [-0.25, -0.2) is 0 Å². The predicted molar refractivity (Wildman–Crippen MR) is 77.4 cm³/mol. The monoisotopic (exact) mass is 289 g/mol. The van der Waals surface area contributed by atoms with Crippen molar-refractivity contribution in [2.45, 2.75) is 19.9 Å². The summed E-state index contributed by atoms with van der Waals surface area (Å²) in [4.78, 5) is 0. The van der Waals surface area contributed by atoms with Gasteiger partial charge in [0.1, 0.15) is 0 Å². The van der Waals surface area contributed by atoms with Gasteiger partial charge in [0.15, 0.2) is 0 Å². The van der Waals surface area contributed by atoms with Gasteiger partial charge in [0.05, 0.1) is 0 Å². The lowest BCUT2D eigenvalue weighted by molar-refractivity contribution is 0.882. The highest BCUT2D eigenvalue weighted by atomic mass is 79.9. The van der Waals surface area contributed by atoms with Crippen molar-refractivity contribution in [2.75, 3.05) is 5.32 Å². The molecule has 0 heterocycles. The van der Waals surface area contributed by atoms with E-state index in [4.69, 9.17) is 0 Å². The molecule has 2 heteroatoms. The van der Waals surface area contributed by atoms with Crippen molar-refractivity contribution in [3.8, 4) is 0 Å². The van der Waals surface area contributed by atoms with Crippen LogP contribution in [0.15, 0.2) is 53.0 Å². The lowest BCUT2D eigenvalue weighted by atomic mass is 10.1. The smallest absolute Gasteiger partial charge is 0.0485 e. The normalized spacial score (nSPS) is 12.2. The average molecular weight is 290 g/mol. The van der Waals surface area contributed by atoms with Crippen LogP contribution in [-0.2, 0) is 0 Å². The molecule has 1 nitrogen and oxygen atoms in total. The maximum atomic E-state index is 3.53. The fourth-order valence-corrected chi connectivity index (χ4v) is 2.32. The van der Waals surface area contributed by atoms with E-state index in [1.54, 1.807) is 0 Å². The molecule has 0 radical (unpaired) electrons. The Balaban J connectivity index is 2.16. The minimum absolute atomic E-state index is 0.316. The SMILES string of the molecule is Cc1cc(Br)ccc1NC(C)c1ccccc1. The van der Waals surface area contributed by atoms with Crippen molar-refractivity contribution < 1.29 is 0 Å². The van der Waals surface area contributed by atoms with Gasteiger partial charge >= 0.3 is 0 Å². The third-order valence-corrected chi connectivity index (χ3v) is 3.35. The molecule has 0 bridgehead atoms. The van der Waals surface area contributed by atoms with Gasteiger partial charge in [-0.1, -0.05) is 46.3 Å². The molecule has 0 aliphatic heterocycles. The number of rotatable bonds is 3. The Labute approximate surface area is 111 Å². The maximum absolute atomic E-state index is 3.53. The molecule has 1 atom stereocenters.